The first-order valence-electron chi connectivity index (χ1n) is 6.32. The third kappa shape index (κ3) is 2.67. The fraction of sp³-hybridized carbons (Fsp3) is 0.143. The van der Waals surface area contributed by atoms with Gasteiger partial charge in [-0.3, -0.25) is 0 Å². The first kappa shape index (κ1) is 14.9. The van der Waals surface area contributed by atoms with Crippen molar-refractivity contribution in [3.8, 4) is 0 Å². The normalized spacial score (nSPS) is 20.0. The number of nitrogens with one attached hydrogen (secondary N) is 2. The lowest BCUT2D eigenvalue weighted by Gasteiger charge is -2.28. The van der Waals surface area contributed by atoms with Crippen molar-refractivity contribution in [2.24, 2.45) is 0 Å². The Bertz CT molecular complexity index is 802. The number of para-hydroxylation sites is 1. The molecule has 4 nitrogen and oxygen atoms in total. The molecular formula is C14H11F3N2O2S. The summed E-state index contributed by atoms with van der Waals surface area (Å²) in [6, 6.07) is 10.7. The predicted octanol–water partition coefficient (Wildman–Crippen LogP) is 3.11. The van der Waals surface area contributed by atoms with Gasteiger partial charge in [0.25, 0.3) is 0 Å². The smallest absolute Gasteiger partial charge is 0.364 e. The molecule has 1 atom stereocenters. The number of anilines is 1. The van der Waals surface area contributed by atoms with Gasteiger partial charge in [-0.2, -0.15) is 17.9 Å². The fourth-order valence-corrected chi connectivity index (χ4v) is 3.55. The molecule has 1 heterocycles. The van der Waals surface area contributed by atoms with Gasteiger partial charge in [-0.25, -0.2) is 8.42 Å². The van der Waals surface area contributed by atoms with Crippen LogP contribution in [-0.4, -0.2) is 8.42 Å². The Labute approximate surface area is 125 Å². The third-order valence-corrected chi connectivity index (χ3v) is 4.80. The van der Waals surface area contributed by atoms with Crippen LogP contribution in [-0.2, 0) is 16.2 Å². The van der Waals surface area contributed by atoms with Crippen molar-refractivity contribution in [3.05, 3.63) is 59.7 Å². The SMILES string of the molecule is O=S1(=O)NC(c2ccc(C(F)(F)F)cc2)Nc2ccccc21. The van der Waals surface area contributed by atoms with Gasteiger partial charge in [-0.05, 0) is 29.8 Å². The highest BCUT2D eigenvalue weighted by Crippen LogP contribution is 2.33. The number of hydrogen-bond acceptors (Lipinski definition) is 3. The summed E-state index contributed by atoms with van der Waals surface area (Å²) in [5.74, 6) is 0. The van der Waals surface area contributed by atoms with Crippen molar-refractivity contribution in [1.29, 1.82) is 0 Å². The second-order valence-corrected chi connectivity index (χ2v) is 6.50. The summed E-state index contributed by atoms with van der Waals surface area (Å²) < 4.78 is 64.4. The molecular weight excluding hydrogens is 317 g/mol. The molecule has 0 saturated heterocycles. The van der Waals surface area contributed by atoms with Crippen molar-refractivity contribution < 1.29 is 21.6 Å². The summed E-state index contributed by atoms with van der Waals surface area (Å²) in [5.41, 5.74) is 0.0209. The van der Waals surface area contributed by atoms with Crippen LogP contribution in [0, 0.1) is 0 Å². The number of alkyl halides is 3. The molecule has 0 saturated carbocycles. The van der Waals surface area contributed by atoms with Gasteiger partial charge in [0.1, 0.15) is 11.1 Å². The van der Waals surface area contributed by atoms with Crippen molar-refractivity contribution in [2.75, 3.05) is 5.32 Å². The molecule has 116 valence electrons. The molecule has 1 aliphatic heterocycles. The zero-order valence-corrected chi connectivity index (χ0v) is 11.9. The van der Waals surface area contributed by atoms with E-state index in [4.69, 9.17) is 0 Å². The van der Waals surface area contributed by atoms with E-state index in [2.05, 4.69) is 10.0 Å². The number of sulfonamides is 1. The zero-order valence-electron chi connectivity index (χ0n) is 11.1. The zero-order chi connectivity index (χ0) is 16.0. The molecule has 0 spiro atoms. The second kappa shape index (κ2) is 4.99. The molecule has 0 aromatic heterocycles. The van der Waals surface area contributed by atoms with E-state index in [0.29, 0.717) is 11.3 Å². The van der Waals surface area contributed by atoms with E-state index in [1.807, 2.05) is 0 Å². The molecule has 8 heteroatoms. The maximum absolute atomic E-state index is 12.6. The van der Waals surface area contributed by atoms with Crippen molar-refractivity contribution in [1.82, 2.24) is 4.72 Å². The Kier molecular flexibility index (Phi) is 3.37. The molecule has 2 aromatic carbocycles. The van der Waals surface area contributed by atoms with Crippen LogP contribution in [0.5, 0.6) is 0 Å². The highest BCUT2D eigenvalue weighted by Gasteiger charge is 2.32. The van der Waals surface area contributed by atoms with E-state index in [1.165, 1.54) is 18.2 Å². The van der Waals surface area contributed by atoms with Crippen LogP contribution >= 0.6 is 0 Å². The van der Waals surface area contributed by atoms with E-state index in [1.54, 1.807) is 18.2 Å². The molecule has 3 rings (SSSR count). The Morgan fingerprint density at radius 2 is 1.59 bits per heavy atom. The van der Waals surface area contributed by atoms with Gasteiger partial charge in [0.15, 0.2) is 0 Å². The van der Waals surface area contributed by atoms with Crippen LogP contribution in [0.15, 0.2) is 53.4 Å². The monoisotopic (exact) mass is 328 g/mol. The molecule has 0 aliphatic carbocycles. The largest absolute Gasteiger partial charge is 0.416 e. The third-order valence-electron chi connectivity index (χ3n) is 3.32. The van der Waals surface area contributed by atoms with Crippen LogP contribution in [0.3, 0.4) is 0 Å². The standard InChI is InChI=1S/C14H11F3N2O2S/c15-14(16,17)10-7-5-9(6-8-10)13-18-11-3-1-2-4-12(11)22(20,21)19-13/h1-8,13,18-19H. The number of rotatable bonds is 1. The minimum absolute atomic E-state index is 0.109. The molecule has 0 amide bonds. The first-order valence-corrected chi connectivity index (χ1v) is 7.81. The summed E-state index contributed by atoms with van der Waals surface area (Å²) in [4.78, 5) is 0.109. The maximum Gasteiger partial charge on any atom is 0.416 e. The summed E-state index contributed by atoms with van der Waals surface area (Å²) >= 11 is 0. The number of halogens is 3. The van der Waals surface area contributed by atoms with Crippen LogP contribution in [0.25, 0.3) is 0 Å². The van der Waals surface area contributed by atoms with Gasteiger partial charge in [-0.1, -0.05) is 24.3 Å². The average Bonchev–Trinajstić information content (AvgIpc) is 2.46. The molecule has 22 heavy (non-hydrogen) atoms. The first-order chi connectivity index (χ1) is 10.3. The Balaban J connectivity index is 1.95. The molecule has 1 unspecified atom stereocenters. The van der Waals surface area contributed by atoms with Crippen molar-refractivity contribution in [3.63, 3.8) is 0 Å². The van der Waals surface area contributed by atoms with Crippen LogP contribution in [0.2, 0.25) is 0 Å². The topological polar surface area (TPSA) is 58.2 Å². The Morgan fingerprint density at radius 3 is 2.23 bits per heavy atom. The van der Waals surface area contributed by atoms with Crippen molar-refractivity contribution in [2.45, 2.75) is 17.2 Å². The highest BCUT2D eigenvalue weighted by atomic mass is 32.2. The van der Waals surface area contributed by atoms with Gasteiger partial charge in [0.05, 0.1) is 11.3 Å². The lowest BCUT2D eigenvalue weighted by atomic mass is 10.1. The van der Waals surface area contributed by atoms with E-state index in [-0.39, 0.29) is 4.90 Å². The highest BCUT2D eigenvalue weighted by molar-refractivity contribution is 7.89. The predicted molar refractivity (Wildman–Crippen MR) is 74.6 cm³/mol. The summed E-state index contributed by atoms with van der Waals surface area (Å²) in [6.07, 6.45) is -5.24. The molecule has 2 aromatic rings. The van der Waals surface area contributed by atoms with Crippen LogP contribution < -0.4 is 10.0 Å². The minimum atomic E-state index is -4.43. The molecule has 0 bridgehead atoms. The molecule has 1 aliphatic rings. The fourth-order valence-electron chi connectivity index (χ4n) is 2.24. The van der Waals surface area contributed by atoms with E-state index in [9.17, 15) is 21.6 Å². The molecule has 0 fully saturated rings. The van der Waals surface area contributed by atoms with E-state index < -0.39 is 27.9 Å². The van der Waals surface area contributed by atoms with Gasteiger partial charge < -0.3 is 5.32 Å². The molecule has 2 N–H and O–H groups in total. The van der Waals surface area contributed by atoms with Gasteiger partial charge in [-0.15, -0.1) is 0 Å². The Hall–Kier alpha value is -2.06. The molecule has 0 radical (unpaired) electrons. The second-order valence-electron chi connectivity index (χ2n) is 4.81. The lowest BCUT2D eigenvalue weighted by molar-refractivity contribution is -0.137. The minimum Gasteiger partial charge on any atom is -0.364 e. The number of hydrogen-bond donors (Lipinski definition) is 2. The lowest BCUT2D eigenvalue weighted by Crippen LogP contribution is -2.38. The Morgan fingerprint density at radius 1 is 0.955 bits per heavy atom. The van der Waals surface area contributed by atoms with E-state index in [0.717, 1.165) is 12.1 Å². The van der Waals surface area contributed by atoms with Crippen LogP contribution in [0.4, 0.5) is 18.9 Å². The summed E-state index contributed by atoms with van der Waals surface area (Å²) in [6.45, 7) is 0. The van der Waals surface area contributed by atoms with Crippen LogP contribution in [0.1, 0.15) is 17.3 Å². The van der Waals surface area contributed by atoms with Crippen molar-refractivity contribution >= 4 is 15.7 Å². The average molecular weight is 328 g/mol. The maximum atomic E-state index is 12.6. The number of benzene rings is 2. The summed E-state index contributed by atoms with van der Waals surface area (Å²) in [5, 5.41) is 2.96. The van der Waals surface area contributed by atoms with Gasteiger partial charge in [0, 0.05) is 0 Å². The number of fused-ring (bicyclic) bond motifs is 1. The van der Waals surface area contributed by atoms with Gasteiger partial charge >= 0.3 is 6.18 Å². The van der Waals surface area contributed by atoms with E-state index >= 15 is 0 Å². The summed E-state index contributed by atoms with van der Waals surface area (Å²) in [7, 11) is -3.71. The van der Waals surface area contributed by atoms with Gasteiger partial charge in [0.2, 0.25) is 10.0 Å². The quantitative estimate of drug-likeness (QED) is 0.846.